The highest BCUT2D eigenvalue weighted by molar-refractivity contribution is 14.0. The Morgan fingerprint density at radius 2 is 1.61 bits per heavy atom. The number of nitrogens with zero attached hydrogens (tertiary/aromatic N) is 5. The summed E-state index contributed by atoms with van der Waals surface area (Å²) in [6, 6.07) is 5.69. The van der Waals surface area contributed by atoms with E-state index in [2.05, 4.69) is 32.0 Å². The van der Waals surface area contributed by atoms with Crippen molar-refractivity contribution in [3.8, 4) is 17.2 Å². The van der Waals surface area contributed by atoms with Gasteiger partial charge in [0.25, 0.3) is 0 Å². The molecule has 0 amide bonds. The summed E-state index contributed by atoms with van der Waals surface area (Å²) in [5, 5.41) is 3.40. The number of anilines is 1. The number of nitrogens with one attached hydrogen (secondary N) is 1. The van der Waals surface area contributed by atoms with Gasteiger partial charge < -0.3 is 29.3 Å². The molecule has 170 valence electrons. The minimum absolute atomic E-state index is 0. The van der Waals surface area contributed by atoms with Crippen LogP contribution >= 0.6 is 24.0 Å². The minimum Gasteiger partial charge on any atom is -0.493 e. The highest BCUT2D eigenvalue weighted by atomic mass is 127. The van der Waals surface area contributed by atoms with E-state index in [1.54, 1.807) is 33.7 Å². The van der Waals surface area contributed by atoms with E-state index in [1.165, 1.54) is 0 Å². The number of ether oxygens (including phenoxy) is 3. The van der Waals surface area contributed by atoms with Crippen LogP contribution in [0.15, 0.2) is 35.6 Å². The molecule has 1 N–H and O–H groups in total. The largest absolute Gasteiger partial charge is 0.493 e. The van der Waals surface area contributed by atoms with E-state index in [9.17, 15) is 0 Å². The first-order valence-corrected chi connectivity index (χ1v) is 10.0. The molecule has 0 aliphatic carbocycles. The number of piperazine rings is 1. The van der Waals surface area contributed by atoms with Gasteiger partial charge in [0.2, 0.25) is 11.7 Å². The Kier molecular flexibility index (Phi) is 9.89. The van der Waals surface area contributed by atoms with E-state index < -0.39 is 0 Å². The molecular formula is C21H31IN6O3. The second-order valence-electron chi connectivity index (χ2n) is 6.73. The first-order valence-electron chi connectivity index (χ1n) is 10.0. The number of aromatic nitrogens is 2. The van der Waals surface area contributed by atoms with Gasteiger partial charge in [-0.1, -0.05) is 0 Å². The van der Waals surface area contributed by atoms with Crippen LogP contribution < -0.4 is 24.4 Å². The topological polar surface area (TPSA) is 84.3 Å². The molecule has 31 heavy (non-hydrogen) atoms. The van der Waals surface area contributed by atoms with Crippen LogP contribution in [0.5, 0.6) is 17.2 Å². The van der Waals surface area contributed by atoms with Crippen LogP contribution in [0.3, 0.4) is 0 Å². The van der Waals surface area contributed by atoms with Crippen molar-refractivity contribution < 1.29 is 14.2 Å². The molecule has 0 radical (unpaired) electrons. The standard InChI is InChI=1S/C21H30N6O3.HI/c1-5-22-20(26-9-11-27(12-10-26)21-23-7-6-8-24-21)25-15-16-13-17(28-2)19(30-4)18(14-16)29-3;/h6-8,13-14H,5,9-12,15H2,1-4H3,(H,22,25);1H. The average molecular weight is 542 g/mol. The molecule has 1 aliphatic rings. The second kappa shape index (κ2) is 12.4. The van der Waals surface area contributed by atoms with E-state index in [4.69, 9.17) is 19.2 Å². The zero-order chi connectivity index (χ0) is 21.3. The number of halogens is 1. The SMILES string of the molecule is CCNC(=NCc1cc(OC)c(OC)c(OC)c1)N1CCN(c2ncccn2)CC1.I. The Labute approximate surface area is 200 Å². The normalized spacial score (nSPS) is 14.0. The summed E-state index contributed by atoms with van der Waals surface area (Å²) in [7, 11) is 4.83. The van der Waals surface area contributed by atoms with E-state index in [-0.39, 0.29) is 24.0 Å². The maximum absolute atomic E-state index is 5.45. The summed E-state index contributed by atoms with van der Waals surface area (Å²) < 4.78 is 16.3. The van der Waals surface area contributed by atoms with Gasteiger partial charge in [0.15, 0.2) is 17.5 Å². The van der Waals surface area contributed by atoms with Crippen molar-refractivity contribution in [3.05, 3.63) is 36.2 Å². The number of benzene rings is 1. The van der Waals surface area contributed by atoms with E-state index >= 15 is 0 Å². The van der Waals surface area contributed by atoms with Gasteiger partial charge in [-0.05, 0) is 30.7 Å². The summed E-state index contributed by atoms with van der Waals surface area (Å²) >= 11 is 0. The average Bonchev–Trinajstić information content (AvgIpc) is 2.81. The molecule has 0 bridgehead atoms. The molecule has 9 nitrogen and oxygen atoms in total. The zero-order valence-corrected chi connectivity index (χ0v) is 20.8. The molecule has 1 aromatic carbocycles. The van der Waals surface area contributed by atoms with Crippen LogP contribution in [-0.2, 0) is 6.54 Å². The van der Waals surface area contributed by atoms with Gasteiger partial charge >= 0.3 is 0 Å². The molecular weight excluding hydrogens is 511 g/mol. The third kappa shape index (κ3) is 6.25. The maximum atomic E-state index is 5.45. The van der Waals surface area contributed by atoms with Gasteiger partial charge in [-0.15, -0.1) is 24.0 Å². The molecule has 0 saturated carbocycles. The quantitative estimate of drug-likeness (QED) is 0.325. The van der Waals surface area contributed by atoms with Crippen LogP contribution in [-0.4, -0.2) is 74.9 Å². The van der Waals surface area contributed by atoms with Crippen molar-refractivity contribution in [1.29, 1.82) is 0 Å². The van der Waals surface area contributed by atoms with Crippen LogP contribution in [0.25, 0.3) is 0 Å². The number of aliphatic imine (C=N–C) groups is 1. The summed E-state index contributed by atoms with van der Waals surface area (Å²) in [6.07, 6.45) is 3.55. The molecule has 1 aliphatic heterocycles. The lowest BCUT2D eigenvalue weighted by Crippen LogP contribution is -2.52. The van der Waals surface area contributed by atoms with Crippen LogP contribution in [0, 0.1) is 0 Å². The molecule has 0 atom stereocenters. The van der Waals surface area contributed by atoms with Crippen molar-refractivity contribution >= 4 is 35.9 Å². The van der Waals surface area contributed by atoms with Gasteiger partial charge in [-0.2, -0.15) is 0 Å². The highest BCUT2D eigenvalue weighted by Gasteiger charge is 2.21. The molecule has 0 unspecified atom stereocenters. The Balaban J connectivity index is 0.00000341. The van der Waals surface area contributed by atoms with Gasteiger partial charge in [0, 0.05) is 45.1 Å². The summed E-state index contributed by atoms with van der Waals surface area (Å²) in [5.41, 5.74) is 0.983. The van der Waals surface area contributed by atoms with E-state index in [0.717, 1.165) is 50.2 Å². The summed E-state index contributed by atoms with van der Waals surface area (Å²) in [6.45, 7) is 6.76. The van der Waals surface area contributed by atoms with E-state index in [0.29, 0.717) is 23.8 Å². The third-order valence-electron chi connectivity index (χ3n) is 4.88. The number of hydrogen-bond donors (Lipinski definition) is 1. The molecule has 2 aromatic rings. The Morgan fingerprint density at radius 3 is 2.13 bits per heavy atom. The van der Waals surface area contributed by atoms with Crippen molar-refractivity contribution in [2.24, 2.45) is 4.99 Å². The first kappa shape index (κ1) is 24.8. The van der Waals surface area contributed by atoms with Crippen LogP contribution in [0.4, 0.5) is 5.95 Å². The van der Waals surface area contributed by atoms with Crippen LogP contribution in [0.1, 0.15) is 12.5 Å². The fourth-order valence-electron chi connectivity index (χ4n) is 3.39. The number of hydrogen-bond acceptors (Lipinski definition) is 7. The Hall–Kier alpha value is -2.50. The molecule has 1 saturated heterocycles. The first-order chi connectivity index (χ1) is 14.7. The zero-order valence-electron chi connectivity index (χ0n) is 18.5. The van der Waals surface area contributed by atoms with Crippen molar-refractivity contribution in [2.75, 3.05) is 59.0 Å². The number of guanidine groups is 1. The second-order valence-corrected chi connectivity index (χ2v) is 6.73. The van der Waals surface area contributed by atoms with E-state index in [1.807, 2.05) is 18.2 Å². The van der Waals surface area contributed by atoms with Gasteiger partial charge in [-0.3, -0.25) is 0 Å². The monoisotopic (exact) mass is 542 g/mol. The number of rotatable bonds is 7. The smallest absolute Gasteiger partial charge is 0.225 e. The predicted octanol–water partition coefficient (Wildman–Crippen LogP) is 2.41. The van der Waals surface area contributed by atoms with Crippen LogP contribution in [0.2, 0.25) is 0 Å². The third-order valence-corrected chi connectivity index (χ3v) is 4.88. The van der Waals surface area contributed by atoms with Gasteiger partial charge in [-0.25, -0.2) is 15.0 Å². The fourth-order valence-corrected chi connectivity index (χ4v) is 3.39. The maximum Gasteiger partial charge on any atom is 0.225 e. The fraction of sp³-hybridized carbons (Fsp3) is 0.476. The van der Waals surface area contributed by atoms with Gasteiger partial charge in [0.05, 0.1) is 27.9 Å². The van der Waals surface area contributed by atoms with Gasteiger partial charge in [0.1, 0.15) is 0 Å². The lowest BCUT2D eigenvalue weighted by atomic mass is 10.2. The minimum atomic E-state index is 0. The highest BCUT2D eigenvalue weighted by Crippen LogP contribution is 2.38. The molecule has 3 rings (SSSR count). The molecule has 1 fully saturated rings. The summed E-state index contributed by atoms with van der Waals surface area (Å²) in [5.74, 6) is 3.50. The molecule has 10 heteroatoms. The van der Waals surface area contributed by atoms with Crippen molar-refractivity contribution in [3.63, 3.8) is 0 Å². The summed E-state index contributed by atoms with van der Waals surface area (Å²) in [4.78, 5) is 18.0. The lowest BCUT2D eigenvalue weighted by molar-refractivity contribution is 0.324. The Morgan fingerprint density at radius 1 is 1.00 bits per heavy atom. The Bertz CT molecular complexity index is 819. The molecule has 2 heterocycles. The molecule has 0 spiro atoms. The van der Waals surface area contributed by atoms with Crippen molar-refractivity contribution in [2.45, 2.75) is 13.5 Å². The molecule has 1 aromatic heterocycles. The van der Waals surface area contributed by atoms with Crippen molar-refractivity contribution in [1.82, 2.24) is 20.2 Å². The lowest BCUT2D eigenvalue weighted by Gasteiger charge is -2.36. The predicted molar refractivity (Wildman–Crippen MR) is 132 cm³/mol. The number of methoxy groups -OCH3 is 3.